The van der Waals surface area contributed by atoms with E-state index in [0.717, 1.165) is 0 Å². The van der Waals surface area contributed by atoms with E-state index in [1.807, 2.05) is 6.92 Å². The predicted molar refractivity (Wildman–Crippen MR) is 96.7 cm³/mol. The second kappa shape index (κ2) is 7.38. The molecule has 0 N–H and O–H groups in total. The Kier molecular flexibility index (Phi) is 5.36. The van der Waals surface area contributed by atoms with Gasteiger partial charge in [-0.2, -0.15) is 4.31 Å². The largest absolute Gasteiger partial charge is 0.361 e. The van der Waals surface area contributed by atoms with Crippen molar-refractivity contribution in [3.05, 3.63) is 46.3 Å². The van der Waals surface area contributed by atoms with Crippen LogP contribution >= 0.6 is 11.6 Å². The fraction of sp³-hybridized carbons (Fsp3) is 0.412. The minimum Gasteiger partial charge on any atom is -0.361 e. The van der Waals surface area contributed by atoms with Crippen LogP contribution in [0.5, 0.6) is 0 Å². The molecule has 0 radical (unpaired) electrons. The molecule has 1 aliphatic rings. The highest BCUT2D eigenvalue weighted by Crippen LogP contribution is 2.22. The van der Waals surface area contributed by atoms with Crippen LogP contribution in [0.2, 0.25) is 5.02 Å². The number of carbonyl (C=O) groups is 1. The third-order valence-electron chi connectivity index (χ3n) is 4.44. The van der Waals surface area contributed by atoms with Gasteiger partial charge >= 0.3 is 0 Å². The highest BCUT2D eigenvalue weighted by molar-refractivity contribution is 7.89. The van der Waals surface area contributed by atoms with Gasteiger partial charge in [-0.3, -0.25) is 4.79 Å². The second-order valence-corrected chi connectivity index (χ2v) is 8.44. The summed E-state index contributed by atoms with van der Waals surface area (Å²) >= 11 is 5.90. The number of hydrogen-bond acceptors (Lipinski definition) is 5. The number of hydrogen-bond donors (Lipinski definition) is 0. The second-order valence-electron chi connectivity index (χ2n) is 6.07. The van der Waals surface area contributed by atoms with Gasteiger partial charge in [-0.05, 0) is 31.5 Å². The summed E-state index contributed by atoms with van der Waals surface area (Å²) in [7, 11) is -3.63. The lowest BCUT2D eigenvalue weighted by molar-refractivity contribution is 0.0695. The smallest absolute Gasteiger partial charge is 0.259 e. The number of piperazine rings is 1. The molecule has 2 aromatic rings. The molecular formula is C17H20ClN3O4S. The molecule has 1 aliphatic heterocycles. The summed E-state index contributed by atoms with van der Waals surface area (Å²) in [6.07, 6.45) is 0.599. The standard InChI is InChI=1S/C17H20ClN3O4S/c1-3-15-16(12(2)25-19-15)17(22)20-7-9-21(10-8-20)26(23,24)14-6-4-5-13(18)11-14/h4-6,11H,3,7-10H2,1-2H3. The topological polar surface area (TPSA) is 83.7 Å². The Morgan fingerprint density at radius 1 is 1.27 bits per heavy atom. The summed E-state index contributed by atoms with van der Waals surface area (Å²) in [6, 6.07) is 6.19. The average molecular weight is 398 g/mol. The van der Waals surface area contributed by atoms with E-state index in [1.165, 1.54) is 16.4 Å². The molecule has 26 heavy (non-hydrogen) atoms. The Morgan fingerprint density at radius 2 is 1.96 bits per heavy atom. The highest BCUT2D eigenvalue weighted by Gasteiger charge is 2.32. The molecule has 7 nitrogen and oxygen atoms in total. The molecule has 1 fully saturated rings. The molecule has 9 heteroatoms. The van der Waals surface area contributed by atoms with Crippen molar-refractivity contribution < 1.29 is 17.7 Å². The number of aryl methyl sites for hydroxylation is 2. The van der Waals surface area contributed by atoms with Gasteiger partial charge in [0.05, 0.1) is 10.6 Å². The van der Waals surface area contributed by atoms with Gasteiger partial charge in [-0.25, -0.2) is 8.42 Å². The lowest BCUT2D eigenvalue weighted by Crippen LogP contribution is -2.50. The van der Waals surface area contributed by atoms with Gasteiger partial charge < -0.3 is 9.42 Å². The Hall–Kier alpha value is -1.90. The summed E-state index contributed by atoms with van der Waals surface area (Å²) in [6.45, 7) is 4.69. The number of rotatable bonds is 4. The number of amides is 1. The first-order chi connectivity index (χ1) is 12.3. The third-order valence-corrected chi connectivity index (χ3v) is 6.57. The van der Waals surface area contributed by atoms with Crippen molar-refractivity contribution in [2.75, 3.05) is 26.2 Å². The van der Waals surface area contributed by atoms with Crippen LogP contribution in [-0.4, -0.2) is 54.9 Å². The van der Waals surface area contributed by atoms with Crippen LogP contribution in [0.25, 0.3) is 0 Å². The molecule has 1 saturated heterocycles. The van der Waals surface area contributed by atoms with Crippen LogP contribution in [0.15, 0.2) is 33.7 Å². The van der Waals surface area contributed by atoms with Gasteiger partial charge in [0.25, 0.3) is 5.91 Å². The summed E-state index contributed by atoms with van der Waals surface area (Å²) < 4.78 is 32.0. The zero-order valence-corrected chi connectivity index (χ0v) is 16.2. The van der Waals surface area contributed by atoms with E-state index < -0.39 is 10.0 Å². The van der Waals surface area contributed by atoms with E-state index in [0.29, 0.717) is 41.6 Å². The van der Waals surface area contributed by atoms with Crippen LogP contribution in [0.3, 0.4) is 0 Å². The van der Waals surface area contributed by atoms with Crippen molar-refractivity contribution in [2.24, 2.45) is 0 Å². The summed E-state index contributed by atoms with van der Waals surface area (Å²) in [4.78, 5) is 14.6. The highest BCUT2D eigenvalue weighted by atomic mass is 35.5. The van der Waals surface area contributed by atoms with Gasteiger partial charge in [0.1, 0.15) is 11.3 Å². The van der Waals surface area contributed by atoms with Gasteiger partial charge in [0, 0.05) is 31.2 Å². The Labute approximate surface area is 157 Å². The van der Waals surface area contributed by atoms with Crippen LogP contribution in [0, 0.1) is 6.92 Å². The van der Waals surface area contributed by atoms with Crippen molar-refractivity contribution in [3.8, 4) is 0 Å². The van der Waals surface area contributed by atoms with Gasteiger partial charge in [0.15, 0.2) is 0 Å². The summed E-state index contributed by atoms with van der Waals surface area (Å²) in [5.74, 6) is 0.321. The van der Waals surface area contributed by atoms with Gasteiger partial charge in [-0.15, -0.1) is 0 Å². The fourth-order valence-corrected chi connectivity index (χ4v) is 4.72. The van der Waals surface area contributed by atoms with Crippen LogP contribution in [0.4, 0.5) is 0 Å². The SMILES string of the molecule is CCc1noc(C)c1C(=O)N1CCN(S(=O)(=O)c2cccc(Cl)c2)CC1. The van der Waals surface area contributed by atoms with Gasteiger partial charge in [-0.1, -0.05) is 29.7 Å². The van der Waals surface area contributed by atoms with Crippen molar-refractivity contribution in [2.45, 2.75) is 25.2 Å². The Balaban J connectivity index is 1.73. The van der Waals surface area contributed by atoms with E-state index in [9.17, 15) is 13.2 Å². The number of aromatic nitrogens is 1. The Morgan fingerprint density at radius 3 is 2.58 bits per heavy atom. The molecule has 0 atom stereocenters. The molecule has 0 saturated carbocycles. The average Bonchev–Trinajstić information content (AvgIpc) is 3.02. The maximum atomic E-state index is 12.8. The molecule has 0 aliphatic carbocycles. The summed E-state index contributed by atoms with van der Waals surface area (Å²) in [5, 5.41) is 4.28. The number of benzene rings is 1. The quantitative estimate of drug-likeness (QED) is 0.790. The van der Waals surface area contributed by atoms with E-state index in [-0.39, 0.29) is 23.9 Å². The van der Waals surface area contributed by atoms with Crippen LogP contribution in [-0.2, 0) is 16.4 Å². The van der Waals surface area contributed by atoms with Crippen LogP contribution < -0.4 is 0 Å². The molecular weight excluding hydrogens is 378 g/mol. The van der Waals surface area contributed by atoms with Crippen LogP contribution in [0.1, 0.15) is 28.7 Å². The molecule has 1 aromatic carbocycles. The van der Waals surface area contributed by atoms with E-state index >= 15 is 0 Å². The minimum atomic E-state index is -3.63. The Bertz CT molecular complexity index is 918. The van der Waals surface area contributed by atoms with E-state index in [1.54, 1.807) is 24.0 Å². The first kappa shape index (κ1) is 18.9. The van der Waals surface area contributed by atoms with E-state index in [4.69, 9.17) is 16.1 Å². The van der Waals surface area contributed by atoms with Crippen molar-refractivity contribution >= 4 is 27.5 Å². The number of carbonyl (C=O) groups excluding carboxylic acids is 1. The molecule has 0 bridgehead atoms. The summed E-state index contributed by atoms with van der Waals surface area (Å²) in [5.41, 5.74) is 1.11. The minimum absolute atomic E-state index is 0.160. The number of sulfonamides is 1. The molecule has 140 valence electrons. The monoisotopic (exact) mass is 397 g/mol. The van der Waals surface area contributed by atoms with Crippen molar-refractivity contribution in [1.29, 1.82) is 0 Å². The lowest BCUT2D eigenvalue weighted by Gasteiger charge is -2.34. The normalized spacial score (nSPS) is 16.0. The number of nitrogens with zero attached hydrogens (tertiary/aromatic N) is 3. The zero-order valence-electron chi connectivity index (χ0n) is 14.6. The molecule has 0 spiro atoms. The van der Waals surface area contributed by atoms with Gasteiger partial charge in [0.2, 0.25) is 10.0 Å². The van der Waals surface area contributed by atoms with Crippen molar-refractivity contribution in [1.82, 2.24) is 14.4 Å². The maximum Gasteiger partial charge on any atom is 0.259 e. The molecule has 1 aromatic heterocycles. The molecule has 0 unspecified atom stereocenters. The zero-order chi connectivity index (χ0) is 18.9. The molecule has 2 heterocycles. The molecule has 1 amide bonds. The lowest BCUT2D eigenvalue weighted by atomic mass is 10.1. The first-order valence-corrected chi connectivity index (χ1v) is 10.2. The third kappa shape index (κ3) is 3.49. The first-order valence-electron chi connectivity index (χ1n) is 8.34. The van der Waals surface area contributed by atoms with E-state index in [2.05, 4.69) is 5.16 Å². The maximum absolute atomic E-state index is 12.8. The predicted octanol–water partition coefficient (Wildman–Crippen LogP) is 2.35. The molecule has 3 rings (SSSR count). The number of halogens is 1. The fourth-order valence-electron chi connectivity index (χ4n) is 3.00. The van der Waals surface area contributed by atoms with Crippen molar-refractivity contribution in [3.63, 3.8) is 0 Å².